The van der Waals surface area contributed by atoms with E-state index in [4.69, 9.17) is 0 Å². The lowest BCUT2D eigenvalue weighted by Gasteiger charge is -2.19. The van der Waals surface area contributed by atoms with Crippen molar-refractivity contribution in [1.29, 1.82) is 0 Å². The van der Waals surface area contributed by atoms with Crippen molar-refractivity contribution >= 4 is 15.9 Å². The van der Waals surface area contributed by atoms with Crippen molar-refractivity contribution in [3.05, 3.63) is 64.7 Å². The van der Waals surface area contributed by atoms with Crippen LogP contribution in [0.1, 0.15) is 27.0 Å². The molecule has 25 heavy (non-hydrogen) atoms. The fourth-order valence-corrected chi connectivity index (χ4v) is 3.45. The Hall–Kier alpha value is -2.18. The Balaban J connectivity index is 2.17. The van der Waals surface area contributed by atoms with E-state index in [1.54, 1.807) is 24.1 Å². The van der Waals surface area contributed by atoms with Gasteiger partial charge < -0.3 is 4.90 Å². The van der Waals surface area contributed by atoms with Crippen molar-refractivity contribution in [2.24, 2.45) is 0 Å². The maximum atomic E-state index is 12.6. The van der Waals surface area contributed by atoms with Gasteiger partial charge in [0.25, 0.3) is 5.91 Å². The highest BCUT2D eigenvalue weighted by Gasteiger charge is 2.18. The first-order chi connectivity index (χ1) is 11.6. The van der Waals surface area contributed by atoms with Gasteiger partial charge in [0, 0.05) is 33.3 Å². The van der Waals surface area contributed by atoms with Gasteiger partial charge in [-0.1, -0.05) is 23.8 Å². The molecule has 1 amide bonds. The van der Waals surface area contributed by atoms with Gasteiger partial charge in [-0.25, -0.2) is 12.7 Å². The van der Waals surface area contributed by atoms with Gasteiger partial charge in [-0.2, -0.15) is 0 Å². The molecule has 0 heterocycles. The third kappa shape index (κ3) is 4.27. The highest BCUT2D eigenvalue weighted by atomic mass is 32.2. The molecule has 0 saturated carbocycles. The number of carbonyl (C=O) groups is 1. The minimum absolute atomic E-state index is 0.145. The number of benzene rings is 2. The summed E-state index contributed by atoms with van der Waals surface area (Å²) < 4.78 is 25.3. The number of carbonyl (C=O) groups excluding carboxylic acids is 1. The second kappa shape index (κ2) is 7.37. The highest BCUT2D eigenvalue weighted by Crippen LogP contribution is 2.17. The average molecular weight is 360 g/mol. The van der Waals surface area contributed by atoms with Crippen LogP contribution in [0.5, 0.6) is 0 Å². The molecule has 0 aliphatic heterocycles. The second-order valence-corrected chi connectivity index (χ2v) is 8.55. The summed E-state index contributed by atoms with van der Waals surface area (Å²) in [6, 6.07) is 12.2. The topological polar surface area (TPSA) is 57.7 Å². The third-order valence-electron chi connectivity index (χ3n) is 4.13. The number of rotatable bonds is 5. The van der Waals surface area contributed by atoms with E-state index in [0.29, 0.717) is 12.1 Å². The van der Waals surface area contributed by atoms with Gasteiger partial charge in [0.2, 0.25) is 10.0 Å². The van der Waals surface area contributed by atoms with Crippen LogP contribution in [0.4, 0.5) is 0 Å². The number of hydrogen-bond donors (Lipinski definition) is 0. The lowest BCUT2D eigenvalue weighted by atomic mass is 10.1. The smallest absolute Gasteiger partial charge is 0.253 e. The maximum absolute atomic E-state index is 12.6. The number of sulfonamides is 1. The van der Waals surface area contributed by atoms with Crippen LogP contribution in [-0.4, -0.2) is 44.7 Å². The SMILES string of the molecule is Cc1ccc(CN(C)C(=O)c2ccc(S(=O)(=O)N(C)C)cc2)c(C)c1. The number of aryl methyl sites for hydroxylation is 2. The molecule has 2 aromatic rings. The van der Waals surface area contributed by atoms with Gasteiger partial charge >= 0.3 is 0 Å². The highest BCUT2D eigenvalue weighted by molar-refractivity contribution is 7.89. The Labute approximate surface area is 149 Å². The van der Waals surface area contributed by atoms with E-state index in [1.165, 1.54) is 31.8 Å². The molecule has 0 radical (unpaired) electrons. The van der Waals surface area contributed by atoms with Crippen LogP contribution >= 0.6 is 0 Å². The summed E-state index contributed by atoms with van der Waals surface area (Å²) in [5.41, 5.74) is 3.89. The Bertz CT molecular complexity index is 872. The normalized spacial score (nSPS) is 11.6. The van der Waals surface area contributed by atoms with E-state index >= 15 is 0 Å². The number of amides is 1. The Morgan fingerprint density at radius 2 is 1.56 bits per heavy atom. The third-order valence-corrected chi connectivity index (χ3v) is 5.96. The van der Waals surface area contributed by atoms with Crippen LogP contribution in [0.3, 0.4) is 0 Å². The molecule has 2 rings (SSSR count). The molecule has 134 valence electrons. The van der Waals surface area contributed by atoms with Gasteiger partial charge in [-0.15, -0.1) is 0 Å². The molecule has 0 aromatic heterocycles. The van der Waals surface area contributed by atoms with E-state index in [1.807, 2.05) is 26.0 Å². The largest absolute Gasteiger partial charge is 0.337 e. The monoisotopic (exact) mass is 360 g/mol. The molecule has 0 aliphatic carbocycles. The summed E-state index contributed by atoms with van der Waals surface area (Å²) in [6.07, 6.45) is 0. The van der Waals surface area contributed by atoms with Gasteiger partial charge in [0.15, 0.2) is 0 Å². The summed E-state index contributed by atoms with van der Waals surface area (Å²) in [7, 11) is 1.21. The molecule has 5 nitrogen and oxygen atoms in total. The summed E-state index contributed by atoms with van der Waals surface area (Å²) in [4.78, 5) is 14.4. The van der Waals surface area contributed by atoms with Gasteiger partial charge in [-0.3, -0.25) is 4.79 Å². The van der Waals surface area contributed by atoms with Crippen molar-refractivity contribution < 1.29 is 13.2 Å². The molecular formula is C19H24N2O3S. The average Bonchev–Trinajstić information content (AvgIpc) is 2.56. The van der Waals surface area contributed by atoms with E-state index in [0.717, 1.165) is 15.4 Å². The van der Waals surface area contributed by atoms with Crippen molar-refractivity contribution in [3.8, 4) is 0 Å². The zero-order valence-corrected chi connectivity index (χ0v) is 16.1. The second-order valence-electron chi connectivity index (χ2n) is 6.40. The zero-order chi connectivity index (χ0) is 18.8. The van der Waals surface area contributed by atoms with E-state index in [2.05, 4.69) is 6.07 Å². The molecule has 0 aliphatic rings. The van der Waals surface area contributed by atoms with Crippen LogP contribution in [0, 0.1) is 13.8 Å². The van der Waals surface area contributed by atoms with Crippen molar-refractivity contribution in [1.82, 2.24) is 9.21 Å². The predicted molar refractivity (Wildman–Crippen MR) is 99.0 cm³/mol. The molecule has 0 bridgehead atoms. The van der Waals surface area contributed by atoms with Crippen LogP contribution in [-0.2, 0) is 16.6 Å². The quantitative estimate of drug-likeness (QED) is 0.824. The lowest BCUT2D eigenvalue weighted by molar-refractivity contribution is 0.0785. The molecule has 0 atom stereocenters. The zero-order valence-electron chi connectivity index (χ0n) is 15.3. The molecule has 0 saturated heterocycles. The molecular weight excluding hydrogens is 336 g/mol. The summed E-state index contributed by atoms with van der Waals surface area (Å²) >= 11 is 0. The van der Waals surface area contributed by atoms with Gasteiger partial charge in [-0.05, 0) is 49.2 Å². The standard InChI is InChI=1S/C19H24N2O3S/c1-14-6-7-17(15(2)12-14)13-21(5)19(22)16-8-10-18(11-9-16)25(23,24)20(3)4/h6-12H,13H2,1-5H3. The first-order valence-corrected chi connectivity index (χ1v) is 9.41. The summed E-state index contributed by atoms with van der Waals surface area (Å²) in [6.45, 7) is 4.57. The summed E-state index contributed by atoms with van der Waals surface area (Å²) in [5.74, 6) is -0.145. The van der Waals surface area contributed by atoms with E-state index < -0.39 is 10.0 Å². The minimum atomic E-state index is -3.49. The summed E-state index contributed by atoms with van der Waals surface area (Å²) in [5, 5.41) is 0. The van der Waals surface area contributed by atoms with E-state index in [-0.39, 0.29) is 10.8 Å². The van der Waals surface area contributed by atoms with E-state index in [9.17, 15) is 13.2 Å². The van der Waals surface area contributed by atoms with Crippen molar-refractivity contribution in [2.45, 2.75) is 25.3 Å². The Morgan fingerprint density at radius 1 is 0.960 bits per heavy atom. The number of nitrogens with zero attached hydrogens (tertiary/aromatic N) is 2. The molecule has 0 N–H and O–H groups in total. The van der Waals surface area contributed by atoms with Gasteiger partial charge in [0.05, 0.1) is 4.90 Å². The van der Waals surface area contributed by atoms with Gasteiger partial charge in [0.1, 0.15) is 0 Å². The predicted octanol–water partition coefficient (Wildman–Crippen LogP) is 2.83. The fourth-order valence-electron chi connectivity index (χ4n) is 2.55. The fraction of sp³-hybridized carbons (Fsp3) is 0.316. The minimum Gasteiger partial charge on any atom is -0.337 e. The first-order valence-electron chi connectivity index (χ1n) is 7.97. The van der Waals surface area contributed by atoms with Crippen LogP contribution in [0.15, 0.2) is 47.4 Å². The molecule has 2 aromatic carbocycles. The molecule has 0 unspecified atom stereocenters. The lowest BCUT2D eigenvalue weighted by Crippen LogP contribution is -2.27. The van der Waals surface area contributed by atoms with Crippen molar-refractivity contribution in [3.63, 3.8) is 0 Å². The molecule has 0 fully saturated rings. The van der Waals surface area contributed by atoms with Crippen LogP contribution in [0.2, 0.25) is 0 Å². The number of hydrogen-bond acceptors (Lipinski definition) is 3. The first kappa shape index (κ1) is 19.1. The molecule has 6 heteroatoms. The molecule has 0 spiro atoms. The van der Waals surface area contributed by atoms with Crippen molar-refractivity contribution in [2.75, 3.05) is 21.1 Å². The van der Waals surface area contributed by atoms with Crippen LogP contribution < -0.4 is 0 Å². The Kier molecular flexibility index (Phi) is 5.65. The van der Waals surface area contributed by atoms with Crippen LogP contribution in [0.25, 0.3) is 0 Å². The Morgan fingerprint density at radius 3 is 2.08 bits per heavy atom. The maximum Gasteiger partial charge on any atom is 0.253 e.